The zero-order valence-electron chi connectivity index (χ0n) is 8.49. The van der Waals surface area contributed by atoms with E-state index in [-0.39, 0.29) is 0 Å². The van der Waals surface area contributed by atoms with Crippen LogP contribution in [-0.2, 0) is 13.5 Å². The highest BCUT2D eigenvalue weighted by molar-refractivity contribution is 4.83. The molecule has 1 heterocycles. The molecule has 1 aromatic heterocycles. The lowest BCUT2D eigenvalue weighted by Crippen LogP contribution is -2.30. The molecule has 0 amide bonds. The molecule has 1 unspecified atom stereocenters. The van der Waals surface area contributed by atoms with Gasteiger partial charge in [-0.05, 0) is 18.2 Å². The van der Waals surface area contributed by atoms with Crippen molar-refractivity contribution in [3.8, 4) is 0 Å². The zero-order valence-corrected chi connectivity index (χ0v) is 8.49. The molecule has 0 bridgehead atoms. The van der Waals surface area contributed by atoms with Crippen molar-refractivity contribution in [2.75, 3.05) is 6.54 Å². The van der Waals surface area contributed by atoms with Crippen LogP contribution in [0.3, 0.4) is 0 Å². The molecule has 5 heteroatoms. The van der Waals surface area contributed by atoms with E-state index in [1.807, 2.05) is 0 Å². The topological polar surface area (TPSA) is 55.6 Å². The third kappa shape index (κ3) is 3.10. The van der Waals surface area contributed by atoms with E-state index in [2.05, 4.69) is 34.6 Å². The molecule has 0 radical (unpaired) electrons. The van der Waals surface area contributed by atoms with Crippen LogP contribution in [0.1, 0.15) is 26.1 Å². The summed E-state index contributed by atoms with van der Waals surface area (Å²) in [5.41, 5.74) is 0. The van der Waals surface area contributed by atoms with Crippen LogP contribution < -0.4 is 5.32 Å². The second-order valence-corrected chi connectivity index (χ2v) is 3.06. The standard InChI is InChI=1S/C8H17N5/c1-4-7(9-5-2)6-8-10-12-13(3)11-8/h7,9H,4-6H2,1-3H3. The lowest BCUT2D eigenvalue weighted by molar-refractivity contribution is 0.498. The van der Waals surface area contributed by atoms with Gasteiger partial charge in [0.15, 0.2) is 5.82 Å². The molecular weight excluding hydrogens is 166 g/mol. The highest BCUT2D eigenvalue weighted by Crippen LogP contribution is 1.98. The molecule has 0 saturated carbocycles. The third-order valence-corrected chi connectivity index (χ3v) is 1.96. The number of tetrazole rings is 1. The minimum absolute atomic E-state index is 0.467. The quantitative estimate of drug-likeness (QED) is 0.705. The Morgan fingerprint density at radius 3 is 2.69 bits per heavy atom. The fraction of sp³-hybridized carbons (Fsp3) is 0.875. The molecule has 0 aromatic carbocycles. The minimum Gasteiger partial charge on any atom is -0.314 e. The molecule has 0 saturated heterocycles. The summed E-state index contributed by atoms with van der Waals surface area (Å²) in [5, 5.41) is 15.2. The normalized spacial score (nSPS) is 13.2. The van der Waals surface area contributed by atoms with Gasteiger partial charge in [-0.25, -0.2) is 0 Å². The number of aromatic nitrogens is 4. The molecule has 74 valence electrons. The first-order valence-corrected chi connectivity index (χ1v) is 4.72. The van der Waals surface area contributed by atoms with Gasteiger partial charge >= 0.3 is 0 Å². The predicted molar refractivity (Wildman–Crippen MR) is 50.3 cm³/mol. The molecule has 1 atom stereocenters. The second-order valence-electron chi connectivity index (χ2n) is 3.06. The maximum atomic E-state index is 4.14. The lowest BCUT2D eigenvalue weighted by atomic mass is 10.1. The average Bonchev–Trinajstić information content (AvgIpc) is 2.50. The van der Waals surface area contributed by atoms with Gasteiger partial charge in [-0.15, -0.1) is 10.2 Å². The van der Waals surface area contributed by atoms with Gasteiger partial charge in [0, 0.05) is 12.5 Å². The van der Waals surface area contributed by atoms with E-state index in [4.69, 9.17) is 0 Å². The summed E-state index contributed by atoms with van der Waals surface area (Å²) >= 11 is 0. The highest BCUT2D eigenvalue weighted by atomic mass is 15.6. The lowest BCUT2D eigenvalue weighted by Gasteiger charge is -2.12. The highest BCUT2D eigenvalue weighted by Gasteiger charge is 2.09. The monoisotopic (exact) mass is 183 g/mol. The van der Waals surface area contributed by atoms with Crippen LogP contribution in [0, 0.1) is 0 Å². The summed E-state index contributed by atoms with van der Waals surface area (Å²) in [5.74, 6) is 0.815. The SMILES string of the molecule is CCNC(CC)Cc1nnn(C)n1. The maximum absolute atomic E-state index is 4.14. The van der Waals surface area contributed by atoms with Crippen LogP contribution in [0.25, 0.3) is 0 Å². The van der Waals surface area contributed by atoms with Crippen molar-refractivity contribution in [2.45, 2.75) is 32.7 Å². The fourth-order valence-corrected chi connectivity index (χ4v) is 1.27. The van der Waals surface area contributed by atoms with Crippen LogP contribution in [0.15, 0.2) is 0 Å². The van der Waals surface area contributed by atoms with Gasteiger partial charge < -0.3 is 5.32 Å². The third-order valence-electron chi connectivity index (χ3n) is 1.96. The van der Waals surface area contributed by atoms with Crippen molar-refractivity contribution in [2.24, 2.45) is 7.05 Å². The zero-order chi connectivity index (χ0) is 9.68. The van der Waals surface area contributed by atoms with Crippen molar-refractivity contribution < 1.29 is 0 Å². The van der Waals surface area contributed by atoms with E-state index < -0.39 is 0 Å². The largest absolute Gasteiger partial charge is 0.314 e. The van der Waals surface area contributed by atoms with Crippen molar-refractivity contribution in [3.05, 3.63) is 5.82 Å². The Kier molecular flexibility index (Phi) is 3.82. The summed E-state index contributed by atoms with van der Waals surface area (Å²) in [7, 11) is 1.78. The van der Waals surface area contributed by atoms with E-state index in [0.29, 0.717) is 6.04 Å². The van der Waals surface area contributed by atoms with E-state index in [1.54, 1.807) is 7.05 Å². The Hall–Kier alpha value is -0.970. The Labute approximate surface area is 78.5 Å². The van der Waals surface area contributed by atoms with Crippen molar-refractivity contribution >= 4 is 0 Å². The summed E-state index contributed by atoms with van der Waals surface area (Å²) in [6, 6.07) is 0.467. The first-order valence-electron chi connectivity index (χ1n) is 4.72. The number of hydrogen-bond acceptors (Lipinski definition) is 4. The van der Waals surface area contributed by atoms with E-state index >= 15 is 0 Å². The van der Waals surface area contributed by atoms with Crippen LogP contribution >= 0.6 is 0 Å². The summed E-state index contributed by atoms with van der Waals surface area (Å²) in [6.07, 6.45) is 1.95. The molecule has 1 rings (SSSR count). The summed E-state index contributed by atoms with van der Waals surface area (Å²) < 4.78 is 0. The molecule has 5 nitrogen and oxygen atoms in total. The van der Waals surface area contributed by atoms with Crippen molar-refractivity contribution in [3.63, 3.8) is 0 Å². The molecule has 0 aliphatic heterocycles. The fourth-order valence-electron chi connectivity index (χ4n) is 1.27. The number of nitrogens with one attached hydrogen (secondary N) is 1. The first-order chi connectivity index (χ1) is 6.26. The Balaban J connectivity index is 2.46. The Morgan fingerprint density at radius 2 is 2.23 bits per heavy atom. The van der Waals surface area contributed by atoms with Crippen LogP contribution in [0.2, 0.25) is 0 Å². The maximum Gasteiger partial charge on any atom is 0.176 e. The molecule has 0 aliphatic carbocycles. The number of likely N-dealkylation sites (N-methyl/N-ethyl adjacent to an activating group) is 1. The first kappa shape index (κ1) is 10.1. The van der Waals surface area contributed by atoms with Gasteiger partial charge in [0.2, 0.25) is 0 Å². The van der Waals surface area contributed by atoms with E-state index in [9.17, 15) is 0 Å². The summed E-state index contributed by atoms with van der Waals surface area (Å²) in [4.78, 5) is 1.49. The minimum atomic E-state index is 0.467. The second kappa shape index (κ2) is 4.91. The summed E-state index contributed by atoms with van der Waals surface area (Å²) in [6.45, 7) is 5.25. The number of rotatable bonds is 5. The number of hydrogen-bond donors (Lipinski definition) is 1. The van der Waals surface area contributed by atoms with Gasteiger partial charge in [0.1, 0.15) is 0 Å². The van der Waals surface area contributed by atoms with Gasteiger partial charge in [0.05, 0.1) is 7.05 Å². The van der Waals surface area contributed by atoms with E-state index in [1.165, 1.54) is 4.80 Å². The molecule has 1 aromatic rings. The Morgan fingerprint density at radius 1 is 1.46 bits per heavy atom. The number of nitrogens with zero attached hydrogens (tertiary/aromatic N) is 4. The molecule has 0 fully saturated rings. The van der Waals surface area contributed by atoms with Crippen molar-refractivity contribution in [1.29, 1.82) is 0 Å². The average molecular weight is 183 g/mol. The van der Waals surface area contributed by atoms with Crippen LogP contribution in [0.5, 0.6) is 0 Å². The smallest absolute Gasteiger partial charge is 0.176 e. The molecule has 0 aliphatic rings. The number of aryl methyl sites for hydroxylation is 1. The predicted octanol–water partition coefficient (Wildman–Crippen LogP) is 0.141. The van der Waals surface area contributed by atoms with Crippen molar-refractivity contribution in [1.82, 2.24) is 25.5 Å². The van der Waals surface area contributed by atoms with Crippen LogP contribution in [-0.4, -0.2) is 32.8 Å². The van der Waals surface area contributed by atoms with Gasteiger partial charge in [-0.1, -0.05) is 13.8 Å². The van der Waals surface area contributed by atoms with Gasteiger partial charge in [-0.2, -0.15) is 4.80 Å². The molecule has 0 spiro atoms. The Bertz CT molecular complexity index is 244. The molecule has 1 N–H and O–H groups in total. The molecular formula is C8H17N5. The van der Waals surface area contributed by atoms with Gasteiger partial charge in [-0.3, -0.25) is 0 Å². The van der Waals surface area contributed by atoms with Crippen LogP contribution in [0.4, 0.5) is 0 Å². The van der Waals surface area contributed by atoms with E-state index in [0.717, 1.165) is 25.2 Å². The van der Waals surface area contributed by atoms with Gasteiger partial charge in [0.25, 0.3) is 0 Å². The molecule has 13 heavy (non-hydrogen) atoms.